The number of hydrogen-bond donors (Lipinski definition) is 0. The zero-order chi connectivity index (χ0) is 21.3. The molecular weight excluding hydrogens is 387 g/mol. The number of hydrogen-bond acceptors (Lipinski definition) is 1. The third-order valence-corrected chi connectivity index (χ3v) is 4.91. The molecule has 0 unspecified atom stereocenters. The summed E-state index contributed by atoms with van der Waals surface area (Å²) in [7, 11) is 0. The molecule has 0 bridgehead atoms. The van der Waals surface area contributed by atoms with Crippen molar-refractivity contribution >= 4 is 0 Å². The van der Waals surface area contributed by atoms with E-state index in [0.717, 1.165) is 16.2 Å². The normalized spacial score (nSPS) is 11.5. The number of aromatic nitrogens is 1. The largest absolute Gasteiger partial charge is 0.431 e. The summed E-state index contributed by atoms with van der Waals surface area (Å²) in [5.74, 6) is 0. The lowest BCUT2D eigenvalue weighted by Crippen LogP contribution is -2.28. The highest BCUT2D eigenvalue weighted by atomic mass is 19.4. The minimum atomic E-state index is -4.71. The Kier molecular flexibility index (Phi) is 5.04. The Labute approximate surface area is 171 Å². The maximum Gasteiger partial charge on any atom is 0.431 e. The van der Waals surface area contributed by atoms with Crippen LogP contribution in [0.15, 0.2) is 95.8 Å². The third kappa shape index (κ3) is 3.66. The van der Waals surface area contributed by atoms with Gasteiger partial charge < -0.3 is 0 Å². The summed E-state index contributed by atoms with van der Waals surface area (Å²) < 4.78 is 43.0. The zero-order valence-corrected chi connectivity index (χ0v) is 16.1. The summed E-state index contributed by atoms with van der Waals surface area (Å²) >= 11 is 0. The lowest BCUT2D eigenvalue weighted by Gasteiger charge is -2.20. The van der Waals surface area contributed by atoms with Crippen molar-refractivity contribution in [3.05, 3.63) is 113 Å². The van der Waals surface area contributed by atoms with Gasteiger partial charge in [-0.05, 0) is 47.4 Å². The second-order valence-electron chi connectivity index (χ2n) is 7.03. The Morgan fingerprint density at radius 2 is 1.33 bits per heavy atom. The molecule has 0 radical (unpaired) electrons. The number of nitrogens with zero attached hydrogens (tertiary/aromatic N) is 1. The van der Waals surface area contributed by atoms with Gasteiger partial charge in [0, 0.05) is 5.69 Å². The Morgan fingerprint density at radius 3 is 1.90 bits per heavy atom. The summed E-state index contributed by atoms with van der Waals surface area (Å²) in [6.07, 6.45) is -4.71. The van der Waals surface area contributed by atoms with Gasteiger partial charge >= 0.3 is 6.18 Å². The van der Waals surface area contributed by atoms with Gasteiger partial charge in [0.2, 0.25) is 0 Å². The lowest BCUT2D eigenvalue weighted by molar-refractivity contribution is -0.142. The first-order valence-electron chi connectivity index (χ1n) is 9.41. The van der Waals surface area contributed by atoms with Crippen molar-refractivity contribution in [1.82, 2.24) is 4.57 Å². The molecule has 0 spiro atoms. The van der Waals surface area contributed by atoms with Crippen LogP contribution in [0.2, 0.25) is 0 Å². The van der Waals surface area contributed by atoms with Crippen LogP contribution in [-0.4, -0.2) is 4.57 Å². The molecule has 1 aromatic heterocycles. The van der Waals surface area contributed by atoms with Crippen LogP contribution in [0.4, 0.5) is 13.2 Å². The first-order chi connectivity index (χ1) is 14.4. The van der Waals surface area contributed by atoms with Crippen molar-refractivity contribution < 1.29 is 13.2 Å². The first-order valence-corrected chi connectivity index (χ1v) is 9.41. The zero-order valence-electron chi connectivity index (χ0n) is 16.1. The van der Waals surface area contributed by atoms with Crippen molar-refractivity contribution in [2.24, 2.45) is 0 Å². The van der Waals surface area contributed by atoms with Crippen LogP contribution < -0.4 is 5.56 Å². The molecule has 4 rings (SSSR count). The average Bonchev–Trinajstić information content (AvgIpc) is 2.73. The fourth-order valence-electron chi connectivity index (χ4n) is 3.57. The molecule has 0 amide bonds. The van der Waals surface area contributed by atoms with Gasteiger partial charge in [-0.3, -0.25) is 9.36 Å². The van der Waals surface area contributed by atoms with Crippen molar-refractivity contribution in [1.29, 1.82) is 0 Å². The van der Waals surface area contributed by atoms with Crippen molar-refractivity contribution in [3.63, 3.8) is 0 Å². The van der Waals surface area contributed by atoms with Crippen LogP contribution in [0.25, 0.3) is 27.9 Å². The van der Waals surface area contributed by atoms with Crippen LogP contribution in [0.3, 0.4) is 0 Å². The number of alkyl halides is 3. The third-order valence-electron chi connectivity index (χ3n) is 4.91. The molecule has 0 saturated heterocycles. The molecular formula is C25H18F3NO. The fourth-order valence-corrected chi connectivity index (χ4v) is 3.57. The van der Waals surface area contributed by atoms with Crippen LogP contribution in [-0.2, 0) is 6.18 Å². The monoisotopic (exact) mass is 405 g/mol. The Hall–Kier alpha value is -3.60. The molecule has 0 aliphatic carbocycles. The number of aryl methyl sites for hydroxylation is 1. The summed E-state index contributed by atoms with van der Waals surface area (Å²) in [5.41, 5.74) is 0.841. The number of rotatable bonds is 3. The van der Waals surface area contributed by atoms with Gasteiger partial charge in [0.05, 0.1) is 5.56 Å². The minimum absolute atomic E-state index is 0.184. The van der Waals surface area contributed by atoms with E-state index in [9.17, 15) is 18.0 Å². The van der Waals surface area contributed by atoms with Crippen molar-refractivity contribution in [2.75, 3.05) is 0 Å². The molecule has 3 aromatic carbocycles. The van der Waals surface area contributed by atoms with Gasteiger partial charge in [-0.25, -0.2) is 0 Å². The lowest BCUT2D eigenvalue weighted by atomic mass is 9.94. The molecule has 0 aliphatic heterocycles. The molecule has 0 saturated carbocycles. The molecule has 0 fully saturated rings. The van der Waals surface area contributed by atoms with Gasteiger partial charge in [0.25, 0.3) is 5.56 Å². The van der Waals surface area contributed by atoms with Gasteiger partial charge in [0.1, 0.15) is 5.69 Å². The molecule has 30 heavy (non-hydrogen) atoms. The predicted octanol–water partition coefficient (Wildman–Crippen LogP) is 6.50. The second kappa shape index (κ2) is 7.67. The van der Waals surface area contributed by atoms with Gasteiger partial charge in [-0.15, -0.1) is 0 Å². The van der Waals surface area contributed by atoms with E-state index in [1.807, 2.05) is 0 Å². The average molecular weight is 405 g/mol. The van der Waals surface area contributed by atoms with E-state index in [-0.39, 0.29) is 16.8 Å². The summed E-state index contributed by atoms with van der Waals surface area (Å²) in [5, 5.41) is 0. The number of halogens is 3. The van der Waals surface area contributed by atoms with E-state index < -0.39 is 17.4 Å². The van der Waals surface area contributed by atoms with E-state index in [1.54, 1.807) is 85.8 Å². The fraction of sp³-hybridized carbons (Fsp3) is 0.0800. The summed E-state index contributed by atoms with van der Waals surface area (Å²) in [6.45, 7) is 1.78. The van der Waals surface area contributed by atoms with E-state index in [2.05, 4.69) is 0 Å². The maximum absolute atomic E-state index is 14.1. The van der Waals surface area contributed by atoms with Gasteiger partial charge in [-0.2, -0.15) is 13.2 Å². The smallest absolute Gasteiger partial charge is 0.272 e. The van der Waals surface area contributed by atoms with Crippen LogP contribution in [0.1, 0.15) is 11.3 Å². The number of benzene rings is 3. The molecule has 5 heteroatoms. The van der Waals surface area contributed by atoms with E-state index in [0.29, 0.717) is 11.1 Å². The second-order valence-corrected chi connectivity index (χ2v) is 7.03. The SMILES string of the molecule is Cc1cccc(-n2c(C(F)(F)F)cc(-c3ccccc3)c(-c3ccccc3)c2=O)c1. The predicted molar refractivity (Wildman–Crippen MR) is 113 cm³/mol. The van der Waals surface area contributed by atoms with E-state index >= 15 is 0 Å². The minimum Gasteiger partial charge on any atom is -0.272 e. The van der Waals surface area contributed by atoms with Gasteiger partial charge in [0.15, 0.2) is 0 Å². The Morgan fingerprint density at radius 1 is 0.733 bits per heavy atom. The molecule has 4 aromatic rings. The van der Waals surface area contributed by atoms with E-state index in [1.165, 1.54) is 6.07 Å². The van der Waals surface area contributed by atoms with Crippen LogP contribution in [0, 0.1) is 6.92 Å². The van der Waals surface area contributed by atoms with Crippen molar-refractivity contribution in [3.8, 4) is 27.9 Å². The molecule has 0 atom stereocenters. The van der Waals surface area contributed by atoms with E-state index in [4.69, 9.17) is 0 Å². The quantitative estimate of drug-likeness (QED) is 0.381. The first kappa shape index (κ1) is 19.7. The Bertz CT molecular complexity index is 1240. The molecule has 2 nitrogen and oxygen atoms in total. The highest BCUT2D eigenvalue weighted by Gasteiger charge is 2.37. The standard InChI is InChI=1S/C25H18F3NO/c1-17-9-8-14-20(15-17)29-22(25(26,27)28)16-21(18-10-4-2-5-11-18)23(24(29)30)19-12-6-3-7-13-19/h2-16H,1H3. The van der Waals surface area contributed by atoms with Crippen LogP contribution >= 0.6 is 0 Å². The summed E-state index contributed by atoms with van der Waals surface area (Å²) in [4.78, 5) is 13.6. The van der Waals surface area contributed by atoms with Crippen LogP contribution in [0.5, 0.6) is 0 Å². The highest BCUT2D eigenvalue weighted by Crippen LogP contribution is 2.37. The number of pyridine rings is 1. The van der Waals surface area contributed by atoms with Gasteiger partial charge in [-0.1, -0.05) is 72.8 Å². The molecule has 1 heterocycles. The molecule has 0 aliphatic rings. The highest BCUT2D eigenvalue weighted by molar-refractivity contribution is 5.83. The molecule has 0 N–H and O–H groups in total. The summed E-state index contributed by atoms with van der Waals surface area (Å²) in [6, 6.07) is 25.0. The van der Waals surface area contributed by atoms with Crippen molar-refractivity contribution in [2.45, 2.75) is 13.1 Å². The molecule has 150 valence electrons. The topological polar surface area (TPSA) is 22.0 Å². The Balaban J connectivity index is 2.16. The maximum atomic E-state index is 14.1.